The Bertz CT molecular complexity index is 962. The van der Waals surface area contributed by atoms with Crippen LogP contribution < -0.4 is 0 Å². The highest BCUT2D eigenvalue weighted by Gasteiger charge is 2.39. The third-order valence-corrected chi connectivity index (χ3v) is 5.29. The number of fused-ring (bicyclic) bond motifs is 1. The maximum absolute atomic E-state index is 12.2. The van der Waals surface area contributed by atoms with Gasteiger partial charge in [-0.25, -0.2) is 4.98 Å². The number of alkyl halides is 2. The molecule has 2 aliphatic rings. The fraction of sp³-hybridized carbons (Fsp3) is 0.333. The van der Waals surface area contributed by atoms with Gasteiger partial charge in [0.1, 0.15) is 16.4 Å². The Morgan fingerprint density at radius 1 is 1.30 bits per heavy atom. The number of carbonyl (C=O) groups is 1. The summed E-state index contributed by atoms with van der Waals surface area (Å²) in [5.74, 6) is 1.19. The molecule has 1 N–H and O–H groups in total. The van der Waals surface area contributed by atoms with Crippen molar-refractivity contribution in [3.8, 4) is 0 Å². The van der Waals surface area contributed by atoms with E-state index in [0.29, 0.717) is 5.76 Å². The molecule has 27 heavy (non-hydrogen) atoms. The van der Waals surface area contributed by atoms with E-state index < -0.39 is 10.3 Å². The molecule has 140 valence electrons. The van der Waals surface area contributed by atoms with Crippen molar-refractivity contribution in [1.29, 1.82) is 0 Å². The highest BCUT2D eigenvalue weighted by Crippen LogP contribution is 2.47. The van der Waals surface area contributed by atoms with Gasteiger partial charge in [-0.15, -0.1) is 23.2 Å². The van der Waals surface area contributed by atoms with Crippen molar-refractivity contribution in [2.24, 2.45) is 11.3 Å². The maximum Gasteiger partial charge on any atom is 0.314 e. The number of imidazole rings is 1. The van der Waals surface area contributed by atoms with Crippen molar-refractivity contribution in [3.63, 3.8) is 0 Å². The Morgan fingerprint density at radius 2 is 2.04 bits per heavy atom. The first kappa shape index (κ1) is 18.3. The Kier molecular flexibility index (Phi) is 4.65. The number of nitrogens with zero attached hydrogens (tertiary/aromatic N) is 1. The van der Waals surface area contributed by atoms with Gasteiger partial charge in [-0.2, -0.15) is 0 Å². The summed E-state index contributed by atoms with van der Waals surface area (Å²) in [6.07, 6.45) is 7.33. The number of aromatic nitrogens is 2. The van der Waals surface area contributed by atoms with E-state index in [4.69, 9.17) is 32.9 Å². The number of nitrogens with one attached hydrogen (secondary N) is 1. The van der Waals surface area contributed by atoms with E-state index in [1.807, 2.05) is 50.3 Å². The van der Waals surface area contributed by atoms with Gasteiger partial charge in [-0.1, -0.05) is 12.1 Å². The number of carbonyl (C=O) groups excluding carboxylic acids is 1. The molecular formula is C21H20Cl2N2O2. The second-order valence-corrected chi connectivity index (χ2v) is 8.61. The fourth-order valence-corrected chi connectivity index (χ4v) is 3.56. The van der Waals surface area contributed by atoms with Gasteiger partial charge in [0.15, 0.2) is 0 Å². The number of H-pyrrole nitrogens is 1. The quantitative estimate of drug-likeness (QED) is 0.538. The van der Waals surface area contributed by atoms with Gasteiger partial charge < -0.3 is 9.72 Å². The molecule has 0 amide bonds. The lowest BCUT2D eigenvalue weighted by Gasteiger charge is -2.34. The van der Waals surface area contributed by atoms with Crippen LogP contribution in [0.15, 0.2) is 53.8 Å². The van der Waals surface area contributed by atoms with Gasteiger partial charge in [0.2, 0.25) is 0 Å². The van der Waals surface area contributed by atoms with Crippen LogP contribution in [0.5, 0.6) is 0 Å². The molecule has 0 atom stereocenters. The first-order valence-corrected chi connectivity index (χ1v) is 9.83. The smallest absolute Gasteiger partial charge is 0.314 e. The molecular weight excluding hydrogens is 383 g/mol. The molecule has 0 bridgehead atoms. The Morgan fingerprint density at radius 3 is 2.70 bits per heavy atom. The van der Waals surface area contributed by atoms with Gasteiger partial charge in [-0.05, 0) is 62.6 Å². The minimum Gasteiger partial charge on any atom is -0.430 e. The first-order chi connectivity index (χ1) is 12.9. The second-order valence-electron chi connectivity index (χ2n) is 7.45. The summed E-state index contributed by atoms with van der Waals surface area (Å²) in [5, 5.41) is 0. The average Bonchev–Trinajstić information content (AvgIpc) is 3.37. The van der Waals surface area contributed by atoms with E-state index >= 15 is 0 Å². The molecule has 0 aliphatic heterocycles. The Labute approximate surface area is 167 Å². The lowest BCUT2D eigenvalue weighted by atomic mass is 9.74. The third kappa shape index (κ3) is 3.56. The van der Waals surface area contributed by atoms with Gasteiger partial charge in [-0.3, -0.25) is 4.79 Å². The number of hydrogen-bond donors (Lipinski definition) is 1. The lowest BCUT2D eigenvalue weighted by Crippen LogP contribution is -2.26. The molecule has 0 unspecified atom stereocenters. The van der Waals surface area contributed by atoms with Crippen LogP contribution in [0.25, 0.3) is 16.6 Å². The topological polar surface area (TPSA) is 55.0 Å². The van der Waals surface area contributed by atoms with E-state index in [1.54, 1.807) is 6.08 Å². The number of allylic oxidation sites excluding steroid dienone is 5. The number of halogens is 2. The van der Waals surface area contributed by atoms with Gasteiger partial charge in [0.05, 0.1) is 17.0 Å². The minimum atomic E-state index is -0.689. The summed E-state index contributed by atoms with van der Waals surface area (Å²) in [6.45, 7) is 3.99. The fourth-order valence-electron chi connectivity index (χ4n) is 3.31. The van der Waals surface area contributed by atoms with Crippen molar-refractivity contribution in [2.45, 2.75) is 31.5 Å². The normalized spacial score (nSPS) is 20.7. The number of ether oxygens (including phenoxy) is 1. The number of rotatable bonds is 4. The van der Waals surface area contributed by atoms with Crippen molar-refractivity contribution in [1.82, 2.24) is 9.97 Å². The van der Waals surface area contributed by atoms with Crippen molar-refractivity contribution in [3.05, 3.63) is 59.7 Å². The lowest BCUT2D eigenvalue weighted by molar-refractivity contribution is -0.142. The number of benzene rings is 1. The van der Waals surface area contributed by atoms with Gasteiger partial charge >= 0.3 is 5.97 Å². The van der Waals surface area contributed by atoms with Crippen LogP contribution >= 0.6 is 23.2 Å². The largest absolute Gasteiger partial charge is 0.430 e. The molecule has 0 radical (unpaired) electrons. The highest BCUT2D eigenvalue weighted by atomic mass is 35.5. The number of aromatic amines is 1. The van der Waals surface area contributed by atoms with Crippen LogP contribution in [0.3, 0.4) is 0 Å². The summed E-state index contributed by atoms with van der Waals surface area (Å²) < 4.78 is 5.71. The van der Waals surface area contributed by atoms with E-state index in [-0.39, 0.29) is 11.9 Å². The van der Waals surface area contributed by atoms with Crippen molar-refractivity contribution in [2.75, 3.05) is 0 Å². The molecule has 1 saturated carbocycles. The van der Waals surface area contributed by atoms with Gasteiger partial charge in [0, 0.05) is 11.0 Å². The van der Waals surface area contributed by atoms with E-state index in [0.717, 1.165) is 40.8 Å². The molecule has 1 fully saturated rings. The molecule has 2 aromatic rings. The molecule has 4 nitrogen and oxygen atoms in total. The second kappa shape index (κ2) is 6.84. The van der Waals surface area contributed by atoms with Crippen LogP contribution in [0.4, 0.5) is 0 Å². The maximum atomic E-state index is 12.2. The summed E-state index contributed by atoms with van der Waals surface area (Å²) >= 11 is 12.2. The van der Waals surface area contributed by atoms with E-state index in [9.17, 15) is 4.79 Å². The van der Waals surface area contributed by atoms with Crippen LogP contribution in [-0.4, -0.2) is 20.8 Å². The molecule has 6 heteroatoms. The van der Waals surface area contributed by atoms with Crippen LogP contribution in [-0.2, 0) is 9.53 Å². The van der Waals surface area contributed by atoms with Crippen LogP contribution in [0.2, 0.25) is 0 Å². The molecule has 2 aliphatic carbocycles. The number of para-hydroxylation sites is 2. The Balaban J connectivity index is 1.78. The number of esters is 1. The van der Waals surface area contributed by atoms with Gasteiger partial charge in [0.25, 0.3) is 0 Å². The SMILES string of the molecule is CC1(C)C(OC(=O)C2CC2)=CC=C(c2nc3ccccc3[nH]2)C1=CC(Cl)Cl. The number of hydrogen-bond acceptors (Lipinski definition) is 3. The summed E-state index contributed by atoms with van der Waals surface area (Å²) in [4.78, 5) is 19.5. The van der Waals surface area contributed by atoms with Crippen LogP contribution in [0, 0.1) is 11.3 Å². The predicted octanol–water partition coefficient (Wildman–Crippen LogP) is 5.55. The highest BCUT2D eigenvalue weighted by molar-refractivity contribution is 6.45. The standard InChI is InChI=1S/C21H20Cl2N2O2/c1-21(2)14(11-18(22)23)13(9-10-17(21)27-20(26)12-7-8-12)19-24-15-5-3-4-6-16(15)25-19/h3-6,9-12,18H,7-8H2,1-2H3,(H,24,25). The molecule has 4 rings (SSSR count). The minimum absolute atomic E-state index is 0.0312. The zero-order valence-corrected chi connectivity index (χ0v) is 16.6. The summed E-state index contributed by atoms with van der Waals surface area (Å²) in [5.41, 5.74) is 3.02. The molecule has 1 aromatic heterocycles. The van der Waals surface area contributed by atoms with E-state index in [2.05, 4.69) is 4.98 Å². The van der Waals surface area contributed by atoms with E-state index in [1.165, 1.54) is 0 Å². The zero-order valence-electron chi connectivity index (χ0n) is 15.1. The molecule has 0 saturated heterocycles. The summed E-state index contributed by atoms with van der Waals surface area (Å²) in [7, 11) is 0. The van der Waals surface area contributed by atoms with Crippen molar-refractivity contribution >= 4 is 45.8 Å². The molecule has 1 aromatic carbocycles. The molecule has 1 heterocycles. The Hall–Kier alpha value is -2.04. The predicted molar refractivity (Wildman–Crippen MR) is 108 cm³/mol. The zero-order chi connectivity index (χ0) is 19.2. The third-order valence-electron chi connectivity index (χ3n) is 5.04. The van der Waals surface area contributed by atoms with Crippen LogP contribution in [0.1, 0.15) is 32.5 Å². The summed E-state index contributed by atoms with van der Waals surface area (Å²) in [6, 6.07) is 7.85. The average molecular weight is 403 g/mol. The monoisotopic (exact) mass is 402 g/mol. The molecule has 0 spiro atoms. The first-order valence-electron chi connectivity index (χ1n) is 8.96. The van der Waals surface area contributed by atoms with Crippen molar-refractivity contribution < 1.29 is 9.53 Å².